The standard InChI is InChI=1S/C15H24O2/c1-11-5-6-13(16)12(2)14(17)8-10-15(3,4)9-7-11/h7-8,10,12-13,16H,5-6,9H2,1-4H3/b10-8+,11-7+/t12-,13-/m1/s1. The van der Waals surface area contributed by atoms with Crippen LogP contribution in [0.3, 0.4) is 0 Å². The molecule has 1 aliphatic rings. The summed E-state index contributed by atoms with van der Waals surface area (Å²) in [6, 6.07) is 0. The molecule has 96 valence electrons. The van der Waals surface area contributed by atoms with E-state index in [-0.39, 0.29) is 17.1 Å². The first kappa shape index (κ1) is 14.2. The molecule has 17 heavy (non-hydrogen) atoms. The van der Waals surface area contributed by atoms with E-state index < -0.39 is 6.10 Å². The van der Waals surface area contributed by atoms with Crippen molar-refractivity contribution in [2.24, 2.45) is 11.3 Å². The Kier molecular flexibility index (Phi) is 4.70. The van der Waals surface area contributed by atoms with Crippen LogP contribution in [-0.4, -0.2) is 17.0 Å². The van der Waals surface area contributed by atoms with E-state index in [1.807, 2.05) is 6.08 Å². The molecule has 0 unspecified atom stereocenters. The minimum Gasteiger partial charge on any atom is -0.392 e. The van der Waals surface area contributed by atoms with E-state index >= 15 is 0 Å². The third-order valence-corrected chi connectivity index (χ3v) is 3.54. The van der Waals surface area contributed by atoms with Gasteiger partial charge in [-0.1, -0.05) is 38.5 Å². The Labute approximate surface area is 104 Å². The topological polar surface area (TPSA) is 37.3 Å². The lowest BCUT2D eigenvalue weighted by atomic mass is 9.87. The molecule has 0 aliphatic heterocycles. The maximum Gasteiger partial charge on any atom is 0.160 e. The number of aliphatic hydroxyl groups is 1. The molecule has 0 saturated carbocycles. The molecule has 0 heterocycles. The summed E-state index contributed by atoms with van der Waals surface area (Å²) < 4.78 is 0. The van der Waals surface area contributed by atoms with Crippen molar-refractivity contribution in [1.29, 1.82) is 0 Å². The van der Waals surface area contributed by atoms with E-state index in [0.29, 0.717) is 6.42 Å². The fourth-order valence-corrected chi connectivity index (χ4v) is 1.88. The Bertz CT molecular complexity index is 337. The zero-order valence-corrected chi connectivity index (χ0v) is 11.4. The molecule has 1 aliphatic carbocycles. The zero-order chi connectivity index (χ0) is 13.1. The van der Waals surface area contributed by atoms with Crippen molar-refractivity contribution in [3.63, 3.8) is 0 Å². The van der Waals surface area contributed by atoms with Crippen LogP contribution in [0.15, 0.2) is 23.8 Å². The van der Waals surface area contributed by atoms with Crippen LogP contribution in [0.4, 0.5) is 0 Å². The molecule has 2 atom stereocenters. The Balaban J connectivity index is 2.92. The molecule has 0 aromatic rings. The van der Waals surface area contributed by atoms with Crippen molar-refractivity contribution in [1.82, 2.24) is 0 Å². The number of carbonyl (C=O) groups is 1. The van der Waals surface area contributed by atoms with Crippen molar-refractivity contribution in [3.05, 3.63) is 23.8 Å². The summed E-state index contributed by atoms with van der Waals surface area (Å²) >= 11 is 0. The molecule has 0 bridgehead atoms. The van der Waals surface area contributed by atoms with Crippen LogP contribution in [0.5, 0.6) is 0 Å². The van der Waals surface area contributed by atoms with Gasteiger partial charge in [0.1, 0.15) is 0 Å². The number of ketones is 1. The predicted molar refractivity (Wildman–Crippen MR) is 70.7 cm³/mol. The van der Waals surface area contributed by atoms with Crippen molar-refractivity contribution < 1.29 is 9.90 Å². The number of allylic oxidation sites excluding steroid dienone is 4. The monoisotopic (exact) mass is 236 g/mol. The molecular formula is C15H24O2. The van der Waals surface area contributed by atoms with Crippen molar-refractivity contribution in [2.45, 2.75) is 53.1 Å². The Hall–Kier alpha value is -0.890. The van der Waals surface area contributed by atoms with Gasteiger partial charge in [-0.3, -0.25) is 4.79 Å². The summed E-state index contributed by atoms with van der Waals surface area (Å²) in [5.74, 6) is -0.266. The Morgan fingerprint density at radius 2 is 2.06 bits per heavy atom. The first-order valence-corrected chi connectivity index (χ1v) is 6.38. The quantitative estimate of drug-likeness (QED) is 0.655. The second-order valence-electron chi connectivity index (χ2n) is 5.87. The molecule has 0 aromatic heterocycles. The summed E-state index contributed by atoms with van der Waals surface area (Å²) in [5.41, 5.74) is 1.30. The van der Waals surface area contributed by atoms with E-state index in [9.17, 15) is 9.90 Å². The molecular weight excluding hydrogens is 212 g/mol. The molecule has 1 N–H and O–H groups in total. The summed E-state index contributed by atoms with van der Waals surface area (Å²) in [5, 5.41) is 9.93. The third kappa shape index (κ3) is 4.47. The molecule has 0 amide bonds. The van der Waals surface area contributed by atoms with Gasteiger partial charge < -0.3 is 5.11 Å². The van der Waals surface area contributed by atoms with Crippen LogP contribution in [-0.2, 0) is 4.79 Å². The minimum absolute atomic E-state index is 0.00589. The van der Waals surface area contributed by atoms with E-state index in [1.54, 1.807) is 13.0 Å². The van der Waals surface area contributed by atoms with Crippen LogP contribution in [0, 0.1) is 11.3 Å². The van der Waals surface area contributed by atoms with Gasteiger partial charge in [-0.2, -0.15) is 0 Å². The van der Waals surface area contributed by atoms with Gasteiger partial charge in [0.25, 0.3) is 0 Å². The molecule has 0 spiro atoms. The summed E-state index contributed by atoms with van der Waals surface area (Å²) in [6.45, 7) is 8.15. The van der Waals surface area contributed by atoms with Crippen LogP contribution < -0.4 is 0 Å². The fraction of sp³-hybridized carbons (Fsp3) is 0.667. The zero-order valence-electron chi connectivity index (χ0n) is 11.4. The molecule has 2 nitrogen and oxygen atoms in total. The maximum atomic E-state index is 11.9. The van der Waals surface area contributed by atoms with Crippen molar-refractivity contribution in [2.75, 3.05) is 0 Å². The van der Waals surface area contributed by atoms with Crippen LogP contribution in [0.1, 0.15) is 47.0 Å². The lowest BCUT2D eigenvalue weighted by molar-refractivity contribution is -0.121. The first-order valence-electron chi connectivity index (χ1n) is 6.38. The van der Waals surface area contributed by atoms with Gasteiger partial charge in [-0.15, -0.1) is 0 Å². The number of carbonyl (C=O) groups excluding carboxylic acids is 1. The number of hydrogen-bond acceptors (Lipinski definition) is 2. The number of hydrogen-bond donors (Lipinski definition) is 1. The minimum atomic E-state index is -0.531. The largest absolute Gasteiger partial charge is 0.392 e. The van der Waals surface area contributed by atoms with Gasteiger partial charge in [-0.25, -0.2) is 0 Å². The smallest absolute Gasteiger partial charge is 0.160 e. The first-order chi connectivity index (χ1) is 7.82. The highest BCUT2D eigenvalue weighted by atomic mass is 16.3. The van der Waals surface area contributed by atoms with Gasteiger partial charge in [-0.05, 0) is 37.7 Å². The molecule has 0 aromatic carbocycles. The second kappa shape index (κ2) is 5.63. The highest BCUT2D eigenvalue weighted by molar-refractivity contribution is 5.91. The maximum absolute atomic E-state index is 11.9. The summed E-state index contributed by atoms with van der Waals surface area (Å²) in [7, 11) is 0. The van der Waals surface area contributed by atoms with E-state index in [2.05, 4.69) is 26.8 Å². The average Bonchev–Trinajstić information content (AvgIpc) is 2.29. The van der Waals surface area contributed by atoms with Gasteiger partial charge >= 0.3 is 0 Å². The molecule has 2 heteroatoms. The third-order valence-electron chi connectivity index (χ3n) is 3.54. The normalized spacial score (nSPS) is 35.6. The van der Waals surface area contributed by atoms with Crippen molar-refractivity contribution >= 4 is 5.78 Å². The van der Waals surface area contributed by atoms with Gasteiger partial charge in [0.2, 0.25) is 0 Å². The van der Waals surface area contributed by atoms with Gasteiger partial charge in [0.05, 0.1) is 6.10 Å². The number of aliphatic hydroxyl groups excluding tert-OH is 1. The second-order valence-corrected chi connectivity index (χ2v) is 5.87. The van der Waals surface area contributed by atoms with E-state index in [4.69, 9.17) is 0 Å². The number of rotatable bonds is 0. The Morgan fingerprint density at radius 1 is 1.41 bits per heavy atom. The SMILES string of the molecule is C/C1=C\CC(C)(C)/C=C/C(=O)[C@H](C)[C@H](O)CC1. The lowest BCUT2D eigenvalue weighted by Gasteiger charge is -2.18. The van der Waals surface area contributed by atoms with Gasteiger partial charge in [0, 0.05) is 5.92 Å². The molecule has 0 saturated heterocycles. The summed E-state index contributed by atoms with van der Waals surface area (Å²) in [6.07, 6.45) is 7.77. The highest BCUT2D eigenvalue weighted by Crippen LogP contribution is 2.26. The average molecular weight is 236 g/mol. The van der Waals surface area contributed by atoms with E-state index in [0.717, 1.165) is 12.8 Å². The highest BCUT2D eigenvalue weighted by Gasteiger charge is 2.22. The molecule has 0 radical (unpaired) electrons. The lowest BCUT2D eigenvalue weighted by Crippen LogP contribution is -2.24. The van der Waals surface area contributed by atoms with Gasteiger partial charge in [0.15, 0.2) is 5.78 Å². The Morgan fingerprint density at radius 3 is 2.71 bits per heavy atom. The van der Waals surface area contributed by atoms with Crippen LogP contribution >= 0.6 is 0 Å². The van der Waals surface area contributed by atoms with Crippen molar-refractivity contribution in [3.8, 4) is 0 Å². The van der Waals surface area contributed by atoms with Crippen LogP contribution in [0.25, 0.3) is 0 Å². The molecule has 0 fully saturated rings. The fourth-order valence-electron chi connectivity index (χ4n) is 1.88. The summed E-state index contributed by atoms with van der Waals surface area (Å²) in [4.78, 5) is 11.9. The molecule has 1 rings (SSSR count). The predicted octanol–water partition coefficient (Wildman–Crippen LogP) is 3.27. The van der Waals surface area contributed by atoms with Crippen LogP contribution in [0.2, 0.25) is 0 Å². The van der Waals surface area contributed by atoms with E-state index in [1.165, 1.54) is 5.57 Å².